The topological polar surface area (TPSA) is 61.4 Å². The number of benzene rings is 1. The Morgan fingerprint density at radius 3 is 2.46 bits per heavy atom. The fraction of sp³-hybridized carbons (Fsp3) is 0.400. The zero-order chi connectivity index (χ0) is 18.9. The molecule has 0 aliphatic carbocycles. The Hall–Kier alpha value is -2.18. The molecule has 140 valence electrons. The molecule has 2 N–H and O–H groups in total. The molecule has 0 fully saturated rings. The summed E-state index contributed by atoms with van der Waals surface area (Å²) in [5.41, 5.74) is 2.41. The molecule has 5 nitrogen and oxygen atoms in total. The molecule has 1 unspecified atom stereocenters. The van der Waals surface area contributed by atoms with Crippen LogP contribution in [0.5, 0.6) is 0 Å². The third kappa shape index (κ3) is 6.28. The molecule has 0 aliphatic rings. The smallest absolute Gasteiger partial charge is 0.261 e. The third-order valence-electron chi connectivity index (χ3n) is 4.19. The highest BCUT2D eigenvalue weighted by atomic mass is 32.1. The summed E-state index contributed by atoms with van der Waals surface area (Å²) in [6, 6.07) is 12.2. The molecular formula is C20H27N3O2S. The van der Waals surface area contributed by atoms with Crippen molar-refractivity contribution in [1.82, 2.24) is 15.5 Å². The van der Waals surface area contributed by atoms with Gasteiger partial charge in [-0.2, -0.15) is 0 Å². The molecule has 0 saturated carbocycles. The first-order valence-electron chi connectivity index (χ1n) is 8.78. The van der Waals surface area contributed by atoms with Crippen LogP contribution in [0.25, 0.3) is 0 Å². The number of hydrogen-bond donors (Lipinski definition) is 2. The minimum Gasteiger partial charge on any atom is -0.354 e. The van der Waals surface area contributed by atoms with Gasteiger partial charge in [-0.1, -0.05) is 35.9 Å². The molecule has 1 aromatic heterocycles. The highest BCUT2D eigenvalue weighted by Crippen LogP contribution is 2.18. The summed E-state index contributed by atoms with van der Waals surface area (Å²) < 4.78 is 0. The molecule has 1 heterocycles. The maximum Gasteiger partial charge on any atom is 0.261 e. The molecule has 6 heteroatoms. The molecule has 26 heavy (non-hydrogen) atoms. The number of aryl methyl sites for hydroxylation is 1. The van der Waals surface area contributed by atoms with Crippen LogP contribution in [0.1, 0.15) is 39.7 Å². The number of nitrogens with zero attached hydrogens (tertiary/aromatic N) is 1. The second-order valence-electron chi connectivity index (χ2n) is 6.53. The lowest BCUT2D eigenvalue weighted by molar-refractivity contribution is -0.121. The van der Waals surface area contributed by atoms with Crippen LogP contribution in [0.2, 0.25) is 0 Å². The molecule has 0 bridgehead atoms. The predicted octanol–water partition coefficient (Wildman–Crippen LogP) is 2.99. The molecule has 1 aromatic carbocycles. The first-order chi connectivity index (χ1) is 12.5. The van der Waals surface area contributed by atoms with Crippen LogP contribution in [0.15, 0.2) is 41.8 Å². The van der Waals surface area contributed by atoms with Crippen LogP contribution in [0.3, 0.4) is 0 Å². The summed E-state index contributed by atoms with van der Waals surface area (Å²) in [5, 5.41) is 7.71. The second-order valence-corrected chi connectivity index (χ2v) is 7.48. The fourth-order valence-corrected chi connectivity index (χ4v) is 3.27. The lowest BCUT2D eigenvalue weighted by Gasteiger charge is -2.25. The summed E-state index contributed by atoms with van der Waals surface area (Å²) in [4.78, 5) is 26.7. The van der Waals surface area contributed by atoms with Gasteiger partial charge in [0.25, 0.3) is 5.91 Å². The van der Waals surface area contributed by atoms with Crippen molar-refractivity contribution in [2.24, 2.45) is 0 Å². The summed E-state index contributed by atoms with van der Waals surface area (Å²) in [7, 11) is 4.02. The minimum atomic E-state index is -0.0764. The van der Waals surface area contributed by atoms with Crippen molar-refractivity contribution >= 4 is 23.2 Å². The van der Waals surface area contributed by atoms with Gasteiger partial charge >= 0.3 is 0 Å². The van der Waals surface area contributed by atoms with Crippen molar-refractivity contribution in [2.75, 3.05) is 27.2 Å². The fourth-order valence-electron chi connectivity index (χ4n) is 2.63. The maximum absolute atomic E-state index is 12.1. The predicted molar refractivity (Wildman–Crippen MR) is 107 cm³/mol. The van der Waals surface area contributed by atoms with Gasteiger partial charge in [0.2, 0.25) is 5.91 Å². The van der Waals surface area contributed by atoms with Crippen LogP contribution in [-0.4, -0.2) is 43.9 Å². The molecule has 2 aromatic rings. The Balaban J connectivity index is 1.71. The van der Waals surface area contributed by atoms with E-state index < -0.39 is 0 Å². The van der Waals surface area contributed by atoms with Gasteiger partial charge in [0.1, 0.15) is 0 Å². The average molecular weight is 374 g/mol. The van der Waals surface area contributed by atoms with Crippen LogP contribution < -0.4 is 10.6 Å². The van der Waals surface area contributed by atoms with Crippen LogP contribution in [0, 0.1) is 6.92 Å². The van der Waals surface area contributed by atoms with Crippen LogP contribution in [0.4, 0.5) is 0 Å². The lowest BCUT2D eigenvalue weighted by atomic mass is 10.0. The van der Waals surface area contributed by atoms with E-state index in [0.717, 1.165) is 0 Å². The van der Waals surface area contributed by atoms with Gasteiger partial charge in [-0.25, -0.2) is 0 Å². The van der Waals surface area contributed by atoms with Crippen molar-refractivity contribution in [3.63, 3.8) is 0 Å². The SMILES string of the molecule is Cc1ccc(C(CNC(=O)CCCNC(=O)c2cccs2)N(C)C)cc1. The van der Waals surface area contributed by atoms with Gasteiger partial charge in [-0.3, -0.25) is 9.59 Å². The molecular weight excluding hydrogens is 346 g/mol. The maximum atomic E-state index is 12.1. The Morgan fingerprint density at radius 2 is 1.85 bits per heavy atom. The average Bonchev–Trinajstić information content (AvgIpc) is 3.14. The Morgan fingerprint density at radius 1 is 1.12 bits per heavy atom. The van der Waals surface area contributed by atoms with Crippen LogP contribution >= 0.6 is 11.3 Å². The Labute approximate surface area is 159 Å². The third-order valence-corrected chi connectivity index (χ3v) is 5.06. The monoisotopic (exact) mass is 373 g/mol. The molecule has 0 aliphatic heterocycles. The number of hydrogen-bond acceptors (Lipinski definition) is 4. The first-order valence-corrected chi connectivity index (χ1v) is 9.66. The molecule has 2 rings (SSSR count). The molecule has 2 amide bonds. The standard InChI is InChI=1S/C20H27N3O2S/c1-15-8-10-16(11-9-15)17(23(2)3)14-22-19(24)7-4-12-21-20(25)18-6-5-13-26-18/h5-6,8-11,13,17H,4,7,12,14H2,1-3H3,(H,21,25)(H,22,24). The summed E-state index contributed by atoms with van der Waals surface area (Å²) in [5.74, 6) is -0.0678. The molecule has 1 atom stereocenters. The van der Waals surface area contributed by atoms with Gasteiger partial charge < -0.3 is 15.5 Å². The van der Waals surface area contributed by atoms with E-state index in [1.165, 1.54) is 22.5 Å². The van der Waals surface area contributed by atoms with Crippen molar-refractivity contribution in [3.05, 3.63) is 57.8 Å². The van der Waals surface area contributed by atoms with E-state index in [-0.39, 0.29) is 17.9 Å². The van der Waals surface area contributed by atoms with Gasteiger partial charge in [0.05, 0.1) is 10.9 Å². The number of amides is 2. The molecule has 0 saturated heterocycles. The normalized spacial score (nSPS) is 12.0. The number of likely N-dealkylation sites (N-methyl/N-ethyl adjacent to an activating group) is 1. The lowest BCUT2D eigenvalue weighted by Crippen LogP contribution is -2.35. The number of nitrogens with one attached hydrogen (secondary N) is 2. The van der Waals surface area contributed by atoms with E-state index in [9.17, 15) is 9.59 Å². The highest BCUT2D eigenvalue weighted by Gasteiger charge is 2.15. The summed E-state index contributed by atoms with van der Waals surface area (Å²) in [6.45, 7) is 3.13. The van der Waals surface area contributed by atoms with Crippen molar-refractivity contribution in [1.29, 1.82) is 0 Å². The number of carbonyl (C=O) groups is 2. The Kier molecular flexibility index (Phi) is 7.81. The first kappa shape index (κ1) is 20.1. The van der Waals surface area contributed by atoms with Crippen molar-refractivity contribution in [2.45, 2.75) is 25.8 Å². The zero-order valence-electron chi connectivity index (χ0n) is 15.6. The van der Waals surface area contributed by atoms with E-state index in [4.69, 9.17) is 0 Å². The van der Waals surface area contributed by atoms with E-state index in [0.29, 0.717) is 30.8 Å². The largest absolute Gasteiger partial charge is 0.354 e. The van der Waals surface area contributed by atoms with Gasteiger partial charge in [-0.15, -0.1) is 11.3 Å². The zero-order valence-corrected chi connectivity index (χ0v) is 16.4. The van der Waals surface area contributed by atoms with E-state index in [1.54, 1.807) is 6.07 Å². The van der Waals surface area contributed by atoms with Gasteiger partial charge in [0.15, 0.2) is 0 Å². The molecule has 0 spiro atoms. The van der Waals surface area contributed by atoms with Crippen molar-refractivity contribution < 1.29 is 9.59 Å². The highest BCUT2D eigenvalue weighted by molar-refractivity contribution is 7.12. The van der Waals surface area contributed by atoms with Gasteiger partial charge in [-0.05, 0) is 44.4 Å². The van der Waals surface area contributed by atoms with E-state index >= 15 is 0 Å². The quantitative estimate of drug-likeness (QED) is 0.664. The van der Waals surface area contributed by atoms with E-state index in [2.05, 4.69) is 46.7 Å². The van der Waals surface area contributed by atoms with Gasteiger partial charge in [0, 0.05) is 19.5 Å². The summed E-state index contributed by atoms with van der Waals surface area (Å²) >= 11 is 1.41. The number of carbonyl (C=O) groups excluding carboxylic acids is 2. The second kappa shape index (κ2) is 10.1. The Bertz CT molecular complexity index is 696. The number of rotatable bonds is 9. The molecule has 0 radical (unpaired) electrons. The van der Waals surface area contributed by atoms with E-state index in [1.807, 2.05) is 25.5 Å². The van der Waals surface area contributed by atoms with Crippen LogP contribution in [-0.2, 0) is 4.79 Å². The minimum absolute atomic E-state index is 0.00864. The summed E-state index contributed by atoms with van der Waals surface area (Å²) in [6.07, 6.45) is 1.03. The number of thiophene rings is 1. The van der Waals surface area contributed by atoms with Crippen molar-refractivity contribution in [3.8, 4) is 0 Å².